The second-order valence-corrected chi connectivity index (χ2v) is 3.47. The fourth-order valence-corrected chi connectivity index (χ4v) is 1.62. The molecule has 88 valence electrons. The number of carbonyl (C=O) groups is 1. The minimum atomic E-state index is -2.03. The quantitative estimate of drug-likeness (QED) is 0.358. The van der Waals surface area contributed by atoms with Gasteiger partial charge in [0.05, 0.1) is 15.9 Å². The van der Waals surface area contributed by atoms with Gasteiger partial charge in [0.15, 0.2) is 0 Å². The number of hydrogen-bond acceptors (Lipinski definition) is 4. The van der Waals surface area contributed by atoms with Gasteiger partial charge in [0.1, 0.15) is 0 Å². The van der Waals surface area contributed by atoms with E-state index in [1.165, 1.54) is 12.2 Å². The minimum Gasteiger partial charge on any atom is -0.463 e. The monoisotopic (exact) mass is 235 g/mol. The molecule has 17 heavy (non-hydrogen) atoms. The summed E-state index contributed by atoms with van der Waals surface area (Å²) in [6.45, 7) is -0.0367. The Kier molecular flexibility index (Phi) is 2.87. The van der Waals surface area contributed by atoms with E-state index in [2.05, 4.69) is 0 Å². The lowest BCUT2D eigenvalue weighted by atomic mass is 9.76. The van der Waals surface area contributed by atoms with Crippen molar-refractivity contribution in [3.63, 3.8) is 0 Å². The van der Waals surface area contributed by atoms with Crippen LogP contribution in [0.5, 0.6) is 0 Å². The molecule has 0 amide bonds. The summed E-state index contributed by atoms with van der Waals surface area (Å²) in [6.07, 6.45) is 2.71. The maximum atomic E-state index is 11.2. The molecule has 0 atom stereocenters. The molecule has 5 heteroatoms. The van der Waals surface area contributed by atoms with E-state index in [0.29, 0.717) is 11.0 Å². The van der Waals surface area contributed by atoms with E-state index in [4.69, 9.17) is 12.1 Å². The number of hydrogen-bond donors (Lipinski definition) is 1. The van der Waals surface area contributed by atoms with Crippen LogP contribution in [0.15, 0.2) is 24.3 Å². The molecule has 1 aromatic carbocycles. The van der Waals surface area contributed by atoms with Gasteiger partial charge in [0.2, 0.25) is 0 Å². The summed E-state index contributed by atoms with van der Waals surface area (Å²) in [5.74, 6) is -0.489. The van der Waals surface area contributed by atoms with Crippen LogP contribution >= 0.6 is 0 Å². The first-order chi connectivity index (χ1) is 8.95. The van der Waals surface area contributed by atoms with Gasteiger partial charge in [-0.3, -0.25) is 0 Å². The number of fused-ring (bicyclic) bond motifs is 1. The Bertz CT molecular complexity index is 530. The van der Waals surface area contributed by atoms with Crippen molar-refractivity contribution in [2.24, 2.45) is 0 Å². The highest BCUT2D eigenvalue weighted by Gasteiger charge is 2.28. The molecule has 0 aromatic heterocycles. The van der Waals surface area contributed by atoms with Gasteiger partial charge in [-0.05, 0) is 29.6 Å². The first kappa shape index (κ1) is 9.45. The first-order valence-electron chi connectivity index (χ1n) is 6.30. The molecule has 1 aliphatic rings. The Morgan fingerprint density at radius 2 is 2.59 bits per heavy atom. The molecule has 2 rings (SSSR count). The topological polar surface area (TPSA) is 55.8 Å². The summed E-state index contributed by atoms with van der Waals surface area (Å²) < 4.78 is 24.9. The molecule has 1 aromatic rings. The molecule has 1 N–H and O–H groups in total. The van der Waals surface area contributed by atoms with Crippen LogP contribution in [0.2, 0.25) is 0 Å². The predicted molar refractivity (Wildman–Crippen MR) is 64.5 cm³/mol. The predicted octanol–water partition coefficient (Wildman–Crippen LogP) is 0.481. The van der Waals surface area contributed by atoms with E-state index in [1.54, 1.807) is 25.1 Å². The molecule has 1 heterocycles. The van der Waals surface area contributed by atoms with Crippen molar-refractivity contribution in [2.75, 3.05) is 6.61 Å². The van der Waals surface area contributed by atoms with E-state index in [-0.39, 0.29) is 12.2 Å². The Hall–Kier alpha value is -1.59. The lowest BCUT2D eigenvalue weighted by Crippen LogP contribution is -2.30. The number of esters is 1. The van der Waals surface area contributed by atoms with Crippen LogP contribution in [0.25, 0.3) is 6.08 Å². The van der Waals surface area contributed by atoms with E-state index in [1.807, 2.05) is 0 Å². The van der Waals surface area contributed by atoms with E-state index in [0.717, 1.165) is 0 Å². The highest BCUT2D eigenvalue weighted by Crippen LogP contribution is 2.13. The molecular formula is C12H13BO4. The molecule has 1 aliphatic heterocycles. The lowest BCUT2D eigenvalue weighted by Gasteiger charge is -2.03. The first-order valence-corrected chi connectivity index (χ1v) is 5.30. The summed E-state index contributed by atoms with van der Waals surface area (Å²) in [6, 6.07) is 4.86. The highest BCUT2D eigenvalue weighted by atomic mass is 16.6. The standard InChI is InChI=1S/C12H13BO4/c1-2-16-11(14)7-6-9-4-3-5-10-8-17-13(15)12(9)10/h3-7,15H,2,8H2,1H3/b7-6+/i8D2,11+1. The van der Waals surface area contributed by atoms with Crippen LogP contribution in [0.4, 0.5) is 0 Å². The number of rotatable bonds is 3. The Morgan fingerprint density at radius 3 is 3.35 bits per heavy atom. The van der Waals surface area contributed by atoms with Crippen LogP contribution in [0.3, 0.4) is 0 Å². The van der Waals surface area contributed by atoms with Crippen LogP contribution in [-0.2, 0) is 20.7 Å². The average molecular weight is 235 g/mol. The summed E-state index contributed by atoms with van der Waals surface area (Å²) in [5.41, 5.74) is 1.14. The SMILES string of the molecule is [2H]C1([2H])OB(O)c2c(/C=C/[13C](=O)OCC)cccc21. The molecule has 0 saturated carbocycles. The van der Waals surface area contributed by atoms with Gasteiger partial charge >= 0.3 is 13.1 Å². The van der Waals surface area contributed by atoms with Crippen LogP contribution in [-0.4, -0.2) is 24.7 Å². The van der Waals surface area contributed by atoms with Gasteiger partial charge in [-0.15, -0.1) is 0 Å². The van der Waals surface area contributed by atoms with Crippen molar-refractivity contribution in [3.8, 4) is 0 Å². The summed E-state index contributed by atoms with van der Waals surface area (Å²) in [7, 11) is -1.34. The Balaban J connectivity index is 2.35. The lowest BCUT2D eigenvalue weighted by molar-refractivity contribution is -0.137. The molecule has 0 unspecified atom stereocenters. The molecule has 0 spiro atoms. The van der Waals surface area contributed by atoms with Crippen molar-refractivity contribution in [2.45, 2.75) is 13.5 Å². The third kappa shape index (κ3) is 2.57. The minimum absolute atomic E-state index is 0.269. The number of ether oxygens (including phenoxy) is 1. The van der Waals surface area contributed by atoms with Gasteiger partial charge in [-0.1, -0.05) is 18.2 Å². The molecule has 4 nitrogen and oxygen atoms in total. The smallest absolute Gasteiger partial charge is 0.463 e. The molecule has 0 aliphatic carbocycles. The van der Waals surface area contributed by atoms with E-state index in [9.17, 15) is 9.82 Å². The largest absolute Gasteiger partial charge is 0.492 e. The number of benzene rings is 1. The second kappa shape index (κ2) is 5.16. The normalized spacial score (nSPS) is 18.8. The van der Waals surface area contributed by atoms with Gasteiger partial charge in [0.25, 0.3) is 0 Å². The van der Waals surface area contributed by atoms with Gasteiger partial charge in [-0.25, -0.2) is 4.79 Å². The Labute approximate surface area is 103 Å². The van der Waals surface area contributed by atoms with Gasteiger partial charge < -0.3 is 14.4 Å². The van der Waals surface area contributed by atoms with Crippen molar-refractivity contribution in [1.29, 1.82) is 0 Å². The molecular weight excluding hydrogens is 220 g/mol. The maximum Gasteiger partial charge on any atom is 0.492 e. The van der Waals surface area contributed by atoms with E-state index >= 15 is 0 Å². The van der Waals surface area contributed by atoms with Crippen molar-refractivity contribution < 1.29 is 22.0 Å². The summed E-state index contributed by atoms with van der Waals surface area (Å²) >= 11 is 0. The fourth-order valence-electron chi connectivity index (χ4n) is 1.62. The van der Waals surface area contributed by atoms with E-state index < -0.39 is 19.6 Å². The van der Waals surface area contributed by atoms with Crippen molar-refractivity contribution in [3.05, 3.63) is 35.4 Å². The van der Waals surface area contributed by atoms with Crippen molar-refractivity contribution in [1.82, 2.24) is 0 Å². The highest BCUT2D eigenvalue weighted by molar-refractivity contribution is 6.62. The third-order valence-electron chi connectivity index (χ3n) is 2.35. The zero-order chi connectivity index (χ0) is 14.0. The molecule has 0 bridgehead atoms. The Morgan fingerprint density at radius 1 is 1.76 bits per heavy atom. The van der Waals surface area contributed by atoms with Gasteiger partial charge in [0, 0.05) is 6.08 Å². The third-order valence-corrected chi connectivity index (χ3v) is 2.35. The molecule has 0 saturated heterocycles. The summed E-state index contributed by atoms with van der Waals surface area (Å²) in [5, 5.41) is 9.75. The maximum absolute atomic E-state index is 11.2. The van der Waals surface area contributed by atoms with Crippen LogP contribution < -0.4 is 5.46 Å². The van der Waals surface area contributed by atoms with Crippen LogP contribution in [0, 0.1) is 0 Å². The second-order valence-electron chi connectivity index (χ2n) is 3.47. The molecule has 0 radical (unpaired) electrons. The van der Waals surface area contributed by atoms with Gasteiger partial charge in [-0.2, -0.15) is 0 Å². The zero-order valence-corrected chi connectivity index (χ0v) is 9.34. The summed E-state index contributed by atoms with van der Waals surface area (Å²) in [4.78, 5) is 11.2. The molecule has 0 fully saturated rings. The fraction of sp³-hybridized carbons (Fsp3) is 0.250. The number of carbonyl (C=O) groups excluding carboxylic acids is 1. The average Bonchev–Trinajstić information content (AvgIpc) is 2.58. The van der Waals surface area contributed by atoms with Crippen LogP contribution in [0.1, 0.15) is 20.8 Å². The zero-order valence-electron chi connectivity index (χ0n) is 11.3. The van der Waals surface area contributed by atoms with Crippen molar-refractivity contribution >= 4 is 24.6 Å².